The van der Waals surface area contributed by atoms with Gasteiger partial charge in [-0.2, -0.15) is 10.1 Å². The molecule has 3 aromatic heterocycles. The Morgan fingerprint density at radius 1 is 1.11 bits per heavy atom. The predicted molar refractivity (Wildman–Crippen MR) is 143 cm³/mol. The minimum absolute atomic E-state index is 0.155. The zero-order chi connectivity index (χ0) is 25.8. The van der Waals surface area contributed by atoms with E-state index in [0.717, 1.165) is 42.1 Å². The van der Waals surface area contributed by atoms with Crippen molar-refractivity contribution in [3.63, 3.8) is 0 Å². The highest BCUT2D eigenvalue weighted by Crippen LogP contribution is 2.25. The van der Waals surface area contributed by atoms with Crippen LogP contribution in [0, 0.1) is 0 Å². The number of fused-ring (bicyclic) bond motifs is 1. The molecule has 0 radical (unpaired) electrons. The average molecular weight is 501 g/mol. The van der Waals surface area contributed by atoms with Gasteiger partial charge in [0.2, 0.25) is 5.95 Å². The molecule has 1 atom stereocenters. The van der Waals surface area contributed by atoms with E-state index in [2.05, 4.69) is 49.8 Å². The van der Waals surface area contributed by atoms with Gasteiger partial charge < -0.3 is 21.1 Å². The summed E-state index contributed by atoms with van der Waals surface area (Å²) in [7, 11) is 0. The maximum absolute atomic E-state index is 13.2. The number of carbonyl (C=O) groups is 1. The standard InChI is InChI=1S/C27H32N8O2/c1-17(2)35-23-12-24(28-13-19(23)14-30-35)33-27-29-15-21(26(37)31-20-10-6-7-11-20)25(34-27)32-22(16-36)18-8-4-3-5-9-18/h3-5,8-9,12-15,17,20,22,36H,6-7,10-11,16H2,1-2H3,(H,31,37)(H2,28,29,32,33,34). The van der Waals surface area contributed by atoms with Gasteiger partial charge in [0, 0.05) is 35.9 Å². The fraction of sp³-hybridized carbons (Fsp3) is 0.370. The smallest absolute Gasteiger partial charge is 0.256 e. The zero-order valence-corrected chi connectivity index (χ0v) is 21.1. The molecular formula is C27H32N8O2. The summed E-state index contributed by atoms with van der Waals surface area (Å²) in [5.74, 6) is 0.952. The van der Waals surface area contributed by atoms with Crippen LogP contribution in [-0.2, 0) is 0 Å². The van der Waals surface area contributed by atoms with E-state index < -0.39 is 6.04 Å². The van der Waals surface area contributed by atoms with E-state index in [1.807, 2.05) is 41.1 Å². The summed E-state index contributed by atoms with van der Waals surface area (Å²) in [6.45, 7) is 3.97. The van der Waals surface area contributed by atoms with E-state index >= 15 is 0 Å². The van der Waals surface area contributed by atoms with Gasteiger partial charge >= 0.3 is 0 Å². The first-order chi connectivity index (χ1) is 18.0. The van der Waals surface area contributed by atoms with Gasteiger partial charge in [-0.1, -0.05) is 43.2 Å². The molecule has 1 saturated carbocycles. The monoisotopic (exact) mass is 500 g/mol. The predicted octanol–water partition coefficient (Wildman–Crippen LogP) is 4.36. The van der Waals surface area contributed by atoms with Crippen molar-refractivity contribution in [3.8, 4) is 0 Å². The van der Waals surface area contributed by atoms with Crippen LogP contribution in [-0.4, -0.2) is 48.4 Å². The average Bonchev–Trinajstić information content (AvgIpc) is 3.57. The Kier molecular flexibility index (Phi) is 7.27. The maximum atomic E-state index is 13.2. The van der Waals surface area contributed by atoms with Crippen LogP contribution in [0.3, 0.4) is 0 Å². The molecule has 0 aliphatic heterocycles. The van der Waals surface area contributed by atoms with Crippen molar-refractivity contribution in [2.75, 3.05) is 17.2 Å². The molecule has 4 aromatic rings. The quantitative estimate of drug-likeness (QED) is 0.267. The molecule has 192 valence electrons. The molecule has 1 aromatic carbocycles. The second-order valence-corrected chi connectivity index (χ2v) is 9.64. The summed E-state index contributed by atoms with van der Waals surface area (Å²) in [5, 5.41) is 25.0. The molecule has 37 heavy (non-hydrogen) atoms. The summed E-state index contributed by atoms with van der Waals surface area (Å²) >= 11 is 0. The van der Waals surface area contributed by atoms with Gasteiger partial charge in [0.25, 0.3) is 5.91 Å². The first-order valence-corrected chi connectivity index (χ1v) is 12.7. The van der Waals surface area contributed by atoms with Crippen LogP contribution >= 0.6 is 0 Å². The van der Waals surface area contributed by atoms with Crippen molar-refractivity contribution in [2.45, 2.75) is 57.7 Å². The Labute approximate surface area is 215 Å². The van der Waals surface area contributed by atoms with Gasteiger partial charge in [-0.15, -0.1) is 0 Å². The number of rotatable bonds is 9. The normalized spacial score (nSPS) is 14.7. The zero-order valence-electron chi connectivity index (χ0n) is 21.1. The summed E-state index contributed by atoms with van der Waals surface area (Å²) in [6.07, 6.45) is 9.23. The van der Waals surface area contributed by atoms with Crippen LogP contribution in [0.1, 0.15) is 67.5 Å². The number of hydrogen-bond acceptors (Lipinski definition) is 8. The number of aliphatic hydroxyl groups excluding tert-OH is 1. The molecule has 1 aliphatic carbocycles. The number of aromatic nitrogens is 5. The van der Waals surface area contributed by atoms with Crippen LogP contribution in [0.2, 0.25) is 0 Å². The number of carbonyl (C=O) groups excluding carboxylic acids is 1. The molecule has 1 aliphatic rings. The van der Waals surface area contributed by atoms with Crippen LogP contribution in [0.15, 0.2) is 55.0 Å². The molecule has 0 bridgehead atoms. The first kappa shape index (κ1) is 24.6. The second kappa shape index (κ2) is 10.9. The topological polar surface area (TPSA) is 130 Å². The van der Waals surface area contributed by atoms with E-state index in [0.29, 0.717) is 17.2 Å². The number of benzene rings is 1. The van der Waals surface area contributed by atoms with Gasteiger partial charge in [0.05, 0.1) is 24.4 Å². The van der Waals surface area contributed by atoms with Gasteiger partial charge in [0.15, 0.2) is 0 Å². The van der Waals surface area contributed by atoms with E-state index in [4.69, 9.17) is 0 Å². The third-order valence-electron chi connectivity index (χ3n) is 6.63. The lowest BCUT2D eigenvalue weighted by Crippen LogP contribution is -2.33. The third kappa shape index (κ3) is 5.54. The Morgan fingerprint density at radius 2 is 1.89 bits per heavy atom. The summed E-state index contributed by atoms with van der Waals surface area (Å²) in [5.41, 5.74) is 2.16. The number of aliphatic hydroxyl groups is 1. The Morgan fingerprint density at radius 3 is 2.62 bits per heavy atom. The Hall–Kier alpha value is -4.05. The SMILES string of the molecule is CC(C)n1ncc2cnc(Nc3ncc(C(=O)NC4CCCC4)c(NC(CO)c4ccccc4)n3)cc21. The largest absolute Gasteiger partial charge is 0.394 e. The molecular weight excluding hydrogens is 468 g/mol. The van der Waals surface area contributed by atoms with E-state index in [1.54, 1.807) is 12.4 Å². The van der Waals surface area contributed by atoms with Crippen LogP contribution in [0.4, 0.5) is 17.6 Å². The molecule has 4 N–H and O–H groups in total. The van der Waals surface area contributed by atoms with Gasteiger partial charge in [0.1, 0.15) is 17.2 Å². The highest BCUT2D eigenvalue weighted by Gasteiger charge is 2.23. The third-order valence-corrected chi connectivity index (χ3v) is 6.63. The Bertz CT molecular complexity index is 1370. The first-order valence-electron chi connectivity index (χ1n) is 12.7. The van der Waals surface area contributed by atoms with E-state index in [-0.39, 0.29) is 30.5 Å². The van der Waals surface area contributed by atoms with Crippen LogP contribution in [0.5, 0.6) is 0 Å². The molecule has 1 amide bonds. The van der Waals surface area contributed by atoms with Crippen molar-refractivity contribution in [1.29, 1.82) is 0 Å². The molecule has 10 heteroatoms. The van der Waals surface area contributed by atoms with Crippen molar-refractivity contribution in [3.05, 3.63) is 66.1 Å². The molecule has 3 heterocycles. The van der Waals surface area contributed by atoms with Crippen molar-refractivity contribution < 1.29 is 9.90 Å². The van der Waals surface area contributed by atoms with Gasteiger partial charge in [-0.25, -0.2) is 9.97 Å². The lowest BCUT2D eigenvalue weighted by Gasteiger charge is -2.20. The number of nitrogens with one attached hydrogen (secondary N) is 3. The van der Waals surface area contributed by atoms with Gasteiger partial charge in [-0.3, -0.25) is 9.48 Å². The number of amides is 1. The van der Waals surface area contributed by atoms with Crippen LogP contribution < -0.4 is 16.0 Å². The molecule has 0 spiro atoms. The molecule has 5 rings (SSSR count). The van der Waals surface area contributed by atoms with E-state index in [9.17, 15) is 9.90 Å². The van der Waals surface area contributed by atoms with Crippen molar-refractivity contribution >= 4 is 34.4 Å². The number of hydrogen-bond donors (Lipinski definition) is 4. The number of anilines is 3. The second-order valence-electron chi connectivity index (χ2n) is 9.64. The highest BCUT2D eigenvalue weighted by molar-refractivity contribution is 5.99. The minimum Gasteiger partial charge on any atom is -0.394 e. The fourth-order valence-electron chi connectivity index (χ4n) is 4.67. The Balaban J connectivity index is 1.45. The number of nitrogens with zero attached hydrogens (tertiary/aromatic N) is 5. The summed E-state index contributed by atoms with van der Waals surface area (Å²) < 4.78 is 1.93. The fourth-order valence-corrected chi connectivity index (χ4v) is 4.67. The molecule has 10 nitrogen and oxygen atoms in total. The minimum atomic E-state index is -0.447. The molecule has 0 saturated heterocycles. The highest BCUT2D eigenvalue weighted by atomic mass is 16.3. The maximum Gasteiger partial charge on any atom is 0.256 e. The molecule has 1 fully saturated rings. The van der Waals surface area contributed by atoms with Gasteiger partial charge in [-0.05, 0) is 32.3 Å². The van der Waals surface area contributed by atoms with Crippen molar-refractivity contribution in [1.82, 2.24) is 30.0 Å². The lowest BCUT2D eigenvalue weighted by atomic mass is 10.1. The van der Waals surface area contributed by atoms with Crippen molar-refractivity contribution in [2.24, 2.45) is 0 Å². The summed E-state index contributed by atoms with van der Waals surface area (Å²) in [6, 6.07) is 11.4. The van der Waals surface area contributed by atoms with Crippen LogP contribution in [0.25, 0.3) is 10.9 Å². The van der Waals surface area contributed by atoms with E-state index in [1.165, 1.54) is 6.20 Å². The molecule has 1 unspecified atom stereocenters. The summed E-state index contributed by atoms with van der Waals surface area (Å²) in [4.78, 5) is 26.7. The lowest BCUT2D eigenvalue weighted by molar-refractivity contribution is 0.0938. The number of pyridine rings is 1.